The maximum Gasteiger partial charge on any atom is 0.209 e. The maximum atomic E-state index is 11.1. The standard InChI is InChI=1S/C16H21N5O3S/c1-2-24-11-14-20-13-10-19-12-6-5-7-18-15(12)16(13)21(14)8-3-4-9-25(17,22)23/h5-7,10H,2-4,8-9,11H2,1H3,(H2,17,22,23). The van der Waals surface area contributed by atoms with Crippen LogP contribution in [0, 0.1) is 0 Å². The molecule has 0 spiro atoms. The Balaban J connectivity index is 1.98. The van der Waals surface area contributed by atoms with Gasteiger partial charge in [0.05, 0.1) is 23.0 Å². The van der Waals surface area contributed by atoms with Gasteiger partial charge in [0.1, 0.15) is 23.5 Å². The van der Waals surface area contributed by atoms with Crippen molar-refractivity contribution in [3.63, 3.8) is 0 Å². The molecule has 134 valence electrons. The third kappa shape index (κ3) is 4.12. The first-order valence-corrected chi connectivity index (χ1v) is 9.88. The van der Waals surface area contributed by atoms with Gasteiger partial charge in [-0.3, -0.25) is 9.97 Å². The SMILES string of the molecule is CCOCc1nc2cnc3cccnc3c2n1CCCCS(N)(=O)=O. The maximum absolute atomic E-state index is 11.1. The molecule has 0 saturated carbocycles. The number of primary sulfonamides is 1. The molecule has 9 heteroatoms. The van der Waals surface area contributed by atoms with Crippen LogP contribution in [0.2, 0.25) is 0 Å². The summed E-state index contributed by atoms with van der Waals surface area (Å²) in [5, 5.41) is 5.07. The lowest BCUT2D eigenvalue weighted by Crippen LogP contribution is -2.17. The van der Waals surface area contributed by atoms with Crippen molar-refractivity contribution in [3.8, 4) is 0 Å². The lowest BCUT2D eigenvalue weighted by molar-refractivity contribution is 0.126. The van der Waals surface area contributed by atoms with Gasteiger partial charge in [0, 0.05) is 19.3 Å². The lowest BCUT2D eigenvalue weighted by atomic mass is 10.2. The van der Waals surface area contributed by atoms with E-state index in [9.17, 15) is 8.42 Å². The number of fused-ring (bicyclic) bond motifs is 3. The summed E-state index contributed by atoms with van der Waals surface area (Å²) in [5.41, 5.74) is 3.23. The first-order valence-electron chi connectivity index (χ1n) is 8.16. The van der Waals surface area contributed by atoms with E-state index in [-0.39, 0.29) is 5.75 Å². The minimum absolute atomic E-state index is 0.0268. The monoisotopic (exact) mass is 363 g/mol. The normalized spacial score (nSPS) is 12.2. The Morgan fingerprint density at radius 1 is 1.24 bits per heavy atom. The number of rotatable bonds is 8. The molecule has 0 aliphatic rings. The third-order valence-electron chi connectivity index (χ3n) is 3.91. The molecule has 0 aromatic carbocycles. The second kappa shape index (κ2) is 7.42. The first-order chi connectivity index (χ1) is 12.0. The quantitative estimate of drug-likeness (QED) is 0.608. The van der Waals surface area contributed by atoms with Gasteiger partial charge in [0.25, 0.3) is 0 Å². The first kappa shape index (κ1) is 17.7. The average Bonchev–Trinajstić information content (AvgIpc) is 2.94. The van der Waals surface area contributed by atoms with E-state index in [2.05, 4.69) is 15.0 Å². The molecule has 8 nitrogen and oxygen atoms in total. The molecule has 0 atom stereocenters. The van der Waals surface area contributed by atoms with Gasteiger partial charge >= 0.3 is 0 Å². The highest BCUT2D eigenvalue weighted by Crippen LogP contribution is 2.24. The van der Waals surface area contributed by atoms with Crippen LogP contribution < -0.4 is 5.14 Å². The summed E-state index contributed by atoms with van der Waals surface area (Å²) in [5.74, 6) is 0.758. The summed E-state index contributed by atoms with van der Waals surface area (Å²) >= 11 is 0. The lowest BCUT2D eigenvalue weighted by Gasteiger charge is -2.10. The molecule has 3 aromatic rings. The van der Waals surface area contributed by atoms with Crippen LogP contribution in [-0.4, -0.2) is 40.3 Å². The number of sulfonamides is 1. The van der Waals surface area contributed by atoms with Crippen LogP contribution >= 0.6 is 0 Å². The molecule has 0 amide bonds. The van der Waals surface area contributed by atoms with Gasteiger partial charge in [-0.25, -0.2) is 18.5 Å². The van der Waals surface area contributed by atoms with Gasteiger partial charge in [-0.1, -0.05) is 0 Å². The molecule has 0 bridgehead atoms. The van der Waals surface area contributed by atoms with Crippen molar-refractivity contribution in [1.29, 1.82) is 0 Å². The van der Waals surface area contributed by atoms with Gasteiger partial charge in [0.15, 0.2) is 0 Å². The molecule has 0 saturated heterocycles. The van der Waals surface area contributed by atoms with Crippen molar-refractivity contribution in [3.05, 3.63) is 30.4 Å². The van der Waals surface area contributed by atoms with Crippen LogP contribution in [0.5, 0.6) is 0 Å². The number of unbranched alkanes of at least 4 members (excludes halogenated alkanes) is 1. The fourth-order valence-electron chi connectivity index (χ4n) is 2.79. The summed E-state index contributed by atoms with van der Waals surface area (Å²) in [6, 6.07) is 3.75. The van der Waals surface area contributed by atoms with E-state index >= 15 is 0 Å². The highest BCUT2D eigenvalue weighted by molar-refractivity contribution is 7.89. The molecule has 2 N–H and O–H groups in total. The Morgan fingerprint density at radius 3 is 2.84 bits per heavy atom. The van der Waals surface area contributed by atoms with Crippen molar-refractivity contribution in [2.24, 2.45) is 5.14 Å². The van der Waals surface area contributed by atoms with Crippen LogP contribution in [0.4, 0.5) is 0 Å². The number of hydrogen-bond donors (Lipinski definition) is 1. The second-order valence-corrected chi connectivity index (χ2v) is 7.49. The molecule has 0 unspecified atom stereocenters. The summed E-state index contributed by atoms with van der Waals surface area (Å²) in [6.07, 6.45) is 4.61. The topological polar surface area (TPSA) is 113 Å². The molecule has 0 radical (unpaired) electrons. The Morgan fingerprint density at radius 2 is 2.08 bits per heavy atom. The molecule has 0 aliphatic heterocycles. The number of pyridine rings is 2. The Bertz CT molecular complexity index is 984. The molecule has 25 heavy (non-hydrogen) atoms. The van der Waals surface area contributed by atoms with E-state index < -0.39 is 10.0 Å². The Labute approximate surface area is 146 Å². The Hall–Kier alpha value is -2.10. The smallest absolute Gasteiger partial charge is 0.209 e. The zero-order chi connectivity index (χ0) is 17.9. The molecule has 3 aromatic heterocycles. The van der Waals surface area contributed by atoms with E-state index in [1.54, 1.807) is 12.4 Å². The summed E-state index contributed by atoms with van der Waals surface area (Å²) in [4.78, 5) is 13.5. The fourth-order valence-corrected chi connectivity index (χ4v) is 3.40. The van der Waals surface area contributed by atoms with Crippen LogP contribution in [0.25, 0.3) is 22.1 Å². The average molecular weight is 363 g/mol. The molecule has 3 heterocycles. The number of nitrogens with two attached hydrogens (primary N) is 1. The minimum atomic E-state index is -3.44. The van der Waals surface area contributed by atoms with Gasteiger partial charge in [-0.15, -0.1) is 0 Å². The second-order valence-electron chi connectivity index (χ2n) is 5.75. The van der Waals surface area contributed by atoms with Gasteiger partial charge in [-0.05, 0) is 31.9 Å². The van der Waals surface area contributed by atoms with E-state index in [1.807, 2.05) is 23.6 Å². The number of aryl methyl sites for hydroxylation is 1. The predicted molar refractivity (Wildman–Crippen MR) is 95.4 cm³/mol. The van der Waals surface area contributed by atoms with Crippen molar-refractivity contribution >= 4 is 32.1 Å². The van der Waals surface area contributed by atoms with Gasteiger partial charge < -0.3 is 9.30 Å². The summed E-state index contributed by atoms with van der Waals surface area (Å²) in [7, 11) is -3.44. The largest absolute Gasteiger partial charge is 0.374 e. The predicted octanol–water partition coefficient (Wildman–Crippen LogP) is 1.58. The number of aromatic nitrogens is 4. The molecule has 0 aliphatic carbocycles. The van der Waals surface area contributed by atoms with Crippen molar-refractivity contribution in [2.45, 2.75) is 32.9 Å². The summed E-state index contributed by atoms with van der Waals surface area (Å²) < 4.78 is 29.8. The van der Waals surface area contributed by atoms with E-state index in [4.69, 9.17) is 9.88 Å². The molecular formula is C16H21N5O3S. The van der Waals surface area contributed by atoms with Gasteiger partial charge in [-0.2, -0.15) is 0 Å². The molecule has 3 rings (SSSR count). The third-order valence-corrected chi connectivity index (χ3v) is 4.76. The van der Waals surface area contributed by atoms with Crippen molar-refractivity contribution in [1.82, 2.24) is 19.5 Å². The van der Waals surface area contributed by atoms with Crippen molar-refractivity contribution in [2.75, 3.05) is 12.4 Å². The fraction of sp³-hybridized carbons (Fsp3) is 0.438. The Kier molecular flexibility index (Phi) is 5.26. The number of hydrogen-bond acceptors (Lipinski definition) is 6. The highest BCUT2D eigenvalue weighted by Gasteiger charge is 2.15. The van der Waals surface area contributed by atoms with E-state index in [0.717, 1.165) is 27.9 Å². The van der Waals surface area contributed by atoms with E-state index in [1.165, 1.54) is 0 Å². The van der Waals surface area contributed by atoms with Crippen LogP contribution in [0.1, 0.15) is 25.6 Å². The van der Waals surface area contributed by atoms with Crippen LogP contribution in [0.15, 0.2) is 24.5 Å². The number of ether oxygens (including phenoxy) is 1. The number of nitrogens with zero attached hydrogens (tertiary/aromatic N) is 4. The number of imidazole rings is 1. The zero-order valence-electron chi connectivity index (χ0n) is 14.1. The highest BCUT2D eigenvalue weighted by atomic mass is 32.2. The van der Waals surface area contributed by atoms with Crippen LogP contribution in [0.3, 0.4) is 0 Å². The van der Waals surface area contributed by atoms with Crippen molar-refractivity contribution < 1.29 is 13.2 Å². The minimum Gasteiger partial charge on any atom is -0.374 e. The molecule has 0 fully saturated rings. The molecular weight excluding hydrogens is 342 g/mol. The van der Waals surface area contributed by atoms with Crippen LogP contribution in [-0.2, 0) is 27.9 Å². The van der Waals surface area contributed by atoms with Gasteiger partial charge in [0.2, 0.25) is 10.0 Å². The zero-order valence-corrected chi connectivity index (χ0v) is 14.9. The van der Waals surface area contributed by atoms with E-state index in [0.29, 0.717) is 32.6 Å². The summed E-state index contributed by atoms with van der Waals surface area (Å²) in [6.45, 7) is 3.52.